The van der Waals surface area contributed by atoms with Crippen LogP contribution in [0.1, 0.15) is 26.3 Å². The van der Waals surface area contributed by atoms with Gasteiger partial charge in [-0.1, -0.05) is 11.8 Å². The van der Waals surface area contributed by atoms with Crippen LogP contribution in [0.25, 0.3) is 0 Å². The molecule has 164 valence electrons. The molecule has 0 saturated carbocycles. The first kappa shape index (κ1) is 23.3. The lowest BCUT2D eigenvalue weighted by Gasteiger charge is -2.25. The van der Waals surface area contributed by atoms with Crippen LogP contribution < -0.4 is 15.4 Å². The fourth-order valence-electron chi connectivity index (χ4n) is 2.32. The summed E-state index contributed by atoms with van der Waals surface area (Å²) >= 11 is 0. The zero-order valence-electron chi connectivity index (χ0n) is 17.2. The number of carbonyl (C=O) groups excluding carboxylic acids is 1. The molecule has 0 aliphatic carbocycles. The summed E-state index contributed by atoms with van der Waals surface area (Å²) in [5.41, 5.74) is 3.67. The van der Waals surface area contributed by atoms with E-state index in [1.54, 1.807) is 20.8 Å². The number of amides is 1. The number of rotatable bonds is 4. The molecular formula is C20H20F2N4O5. The number of nitro groups is 1. The summed E-state index contributed by atoms with van der Waals surface area (Å²) in [4.78, 5) is 28.2. The largest absolute Gasteiger partial charge is 0.481 e. The third kappa shape index (κ3) is 5.79. The quantitative estimate of drug-likeness (QED) is 0.337. The van der Waals surface area contributed by atoms with Gasteiger partial charge in [0.1, 0.15) is 5.60 Å². The van der Waals surface area contributed by atoms with Crippen molar-refractivity contribution in [3.63, 3.8) is 0 Å². The Kier molecular flexibility index (Phi) is 6.97. The number of hydrogen-bond acceptors (Lipinski definition) is 7. The first-order valence-corrected chi connectivity index (χ1v) is 8.87. The average molecular weight is 434 g/mol. The van der Waals surface area contributed by atoms with Gasteiger partial charge in [0.15, 0.2) is 11.6 Å². The molecule has 2 aromatic rings. The Hall–Kier alpha value is -3.94. The summed E-state index contributed by atoms with van der Waals surface area (Å²) in [6.45, 7) is 4.31. The van der Waals surface area contributed by atoms with E-state index < -0.39 is 46.0 Å². The van der Waals surface area contributed by atoms with E-state index in [1.165, 1.54) is 13.2 Å². The zero-order chi connectivity index (χ0) is 23.3. The van der Waals surface area contributed by atoms with Gasteiger partial charge in [0.2, 0.25) is 11.7 Å². The standard InChI is InChI=1S/C20H20F2N4O5/c1-20(2,3)31-19(27)25(18-15(26(28)29)9-10-16(24-18)30-4)11-5-6-12-14(23)8-7-13(21)17(12)22/h7-10H,11,23H2,1-4H3. The summed E-state index contributed by atoms with van der Waals surface area (Å²) < 4.78 is 37.7. The molecule has 0 fully saturated rings. The molecule has 0 radical (unpaired) electrons. The molecule has 2 N–H and O–H groups in total. The number of halogens is 2. The van der Waals surface area contributed by atoms with Gasteiger partial charge in [0.25, 0.3) is 0 Å². The molecule has 9 nitrogen and oxygen atoms in total. The molecule has 0 aliphatic rings. The maximum atomic E-state index is 14.0. The van der Waals surface area contributed by atoms with Gasteiger partial charge in [-0.05, 0) is 32.9 Å². The minimum absolute atomic E-state index is 0.00235. The fourth-order valence-corrected chi connectivity index (χ4v) is 2.32. The molecule has 0 atom stereocenters. The normalized spacial score (nSPS) is 10.6. The van der Waals surface area contributed by atoms with Crippen molar-refractivity contribution in [1.82, 2.24) is 4.98 Å². The van der Waals surface area contributed by atoms with Crippen molar-refractivity contribution < 1.29 is 28.0 Å². The van der Waals surface area contributed by atoms with Crippen LogP contribution in [0.15, 0.2) is 24.3 Å². The van der Waals surface area contributed by atoms with Crippen LogP contribution in [-0.2, 0) is 4.74 Å². The number of ether oxygens (including phenoxy) is 2. The summed E-state index contributed by atoms with van der Waals surface area (Å²) in [6.07, 6.45) is -0.988. The summed E-state index contributed by atoms with van der Waals surface area (Å²) in [5, 5.41) is 11.5. The Morgan fingerprint density at radius 2 is 1.97 bits per heavy atom. The Bertz CT molecular complexity index is 1070. The maximum Gasteiger partial charge on any atom is 0.417 e. The summed E-state index contributed by atoms with van der Waals surface area (Å²) in [5.74, 6) is 2.03. The number of benzene rings is 1. The van der Waals surface area contributed by atoms with Crippen LogP contribution in [0.5, 0.6) is 5.88 Å². The third-order valence-corrected chi connectivity index (χ3v) is 3.68. The second-order valence-electron chi connectivity index (χ2n) is 7.15. The molecule has 1 aromatic carbocycles. The highest BCUT2D eigenvalue weighted by atomic mass is 19.2. The van der Waals surface area contributed by atoms with Crippen molar-refractivity contribution in [2.24, 2.45) is 0 Å². The molecule has 1 heterocycles. The van der Waals surface area contributed by atoms with Gasteiger partial charge in [-0.25, -0.2) is 18.5 Å². The Labute approximate surface area is 176 Å². The van der Waals surface area contributed by atoms with E-state index in [1.807, 2.05) is 0 Å². The van der Waals surface area contributed by atoms with Gasteiger partial charge in [-0.2, -0.15) is 4.98 Å². The molecular weight excluding hydrogens is 414 g/mol. The van der Waals surface area contributed by atoms with Crippen LogP contribution in [0.2, 0.25) is 0 Å². The zero-order valence-corrected chi connectivity index (χ0v) is 17.2. The molecule has 11 heteroatoms. The number of aromatic nitrogens is 1. The maximum absolute atomic E-state index is 14.0. The van der Waals surface area contributed by atoms with Gasteiger partial charge in [-0.15, -0.1) is 0 Å². The summed E-state index contributed by atoms with van der Waals surface area (Å²) in [7, 11) is 1.30. The molecule has 2 rings (SSSR count). The number of carbonyl (C=O) groups is 1. The van der Waals surface area contributed by atoms with E-state index in [0.29, 0.717) is 0 Å². The predicted octanol–water partition coefficient (Wildman–Crippen LogP) is 3.65. The number of pyridine rings is 1. The minimum Gasteiger partial charge on any atom is -0.481 e. The van der Waals surface area contributed by atoms with Gasteiger partial charge >= 0.3 is 11.8 Å². The first-order valence-electron chi connectivity index (χ1n) is 8.87. The Morgan fingerprint density at radius 1 is 1.29 bits per heavy atom. The van der Waals surface area contributed by atoms with Crippen LogP contribution in [0.3, 0.4) is 0 Å². The topological polar surface area (TPSA) is 121 Å². The van der Waals surface area contributed by atoms with Crippen molar-refractivity contribution in [3.05, 3.63) is 51.6 Å². The summed E-state index contributed by atoms with van der Waals surface area (Å²) in [6, 6.07) is 4.36. The van der Waals surface area contributed by atoms with Crippen LogP contribution >= 0.6 is 0 Å². The highest BCUT2D eigenvalue weighted by Crippen LogP contribution is 2.29. The molecule has 0 aliphatic heterocycles. The van der Waals surface area contributed by atoms with E-state index in [9.17, 15) is 23.7 Å². The van der Waals surface area contributed by atoms with Crippen molar-refractivity contribution in [3.8, 4) is 17.7 Å². The average Bonchev–Trinajstić information content (AvgIpc) is 2.68. The van der Waals surface area contributed by atoms with Crippen molar-refractivity contribution in [2.45, 2.75) is 26.4 Å². The van der Waals surface area contributed by atoms with Gasteiger partial charge in [0.05, 0.1) is 29.8 Å². The second-order valence-corrected chi connectivity index (χ2v) is 7.15. The lowest BCUT2D eigenvalue weighted by molar-refractivity contribution is -0.384. The third-order valence-electron chi connectivity index (χ3n) is 3.68. The number of methoxy groups -OCH3 is 1. The van der Waals surface area contributed by atoms with Crippen molar-refractivity contribution >= 4 is 23.3 Å². The molecule has 31 heavy (non-hydrogen) atoms. The van der Waals surface area contributed by atoms with E-state index in [-0.39, 0.29) is 17.4 Å². The number of anilines is 2. The fraction of sp³-hybridized carbons (Fsp3) is 0.300. The van der Waals surface area contributed by atoms with Crippen LogP contribution in [0, 0.1) is 33.6 Å². The number of nitrogens with two attached hydrogens (primary N) is 1. The molecule has 0 bridgehead atoms. The van der Waals surface area contributed by atoms with Gasteiger partial charge < -0.3 is 15.2 Å². The highest BCUT2D eigenvalue weighted by Gasteiger charge is 2.30. The smallest absolute Gasteiger partial charge is 0.417 e. The lowest BCUT2D eigenvalue weighted by Crippen LogP contribution is -2.38. The lowest BCUT2D eigenvalue weighted by atomic mass is 10.1. The van der Waals surface area contributed by atoms with Crippen LogP contribution in [0.4, 0.5) is 30.8 Å². The van der Waals surface area contributed by atoms with E-state index in [4.69, 9.17) is 15.2 Å². The molecule has 0 unspecified atom stereocenters. The molecule has 1 amide bonds. The monoisotopic (exact) mass is 434 g/mol. The van der Waals surface area contributed by atoms with Crippen molar-refractivity contribution in [2.75, 3.05) is 24.3 Å². The van der Waals surface area contributed by atoms with Crippen molar-refractivity contribution in [1.29, 1.82) is 0 Å². The number of nitrogens with zero attached hydrogens (tertiary/aromatic N) is 3. The van der Waals surface area contributed by atoms with E-state index >= 15 is 0 Å². The second kappa shape index (κ2) is 9.25. The Balaban J connectivity index is 2.54. The van der Waals surface area contributed by atoms with Gasteiger partial charge in [0, 0.05) is 12.1 Å². The van der Waals surface area contributed by atoms with E-state index in [2.05, 4.69) is 16.8 Å². The number of hydrogen-bond donors (Lipinski definition) is 1. The minimum atomic E-state index is -1.25. The molecule has 1 aromatic heterocycles. The first-order chi connectivity index (χ1) is 14.4. The SMILES string of the molecule is COc1ccc([N+](=O)[O-])c(N(CC#Cc2c(N)ccc(F)c2F)C(=O)OC(C)(C)C)n1. The predicted molar refractivity (Wildman–Crippen MR) is 109 cm³/mol. The Morgan fingerprint density at radius 3 is 2.55 bits per heavy atom. The molecule has 0 saturated heterocycles. The van der Waals surface area contributed by atoms with Crippen LogP contribution in [-0.4, -0.2) is 35.3 Å². The van der Waals surface area contributed by atoms with Gasteiger partial charge in [-0.3, -0.25) is 10.1 Å². The number of nitrogen functional groups attached to an aromatic ring is 1. The highest BCUT2D eigenvalue weighted by molar-refractivity contribution is 5.90. The molecule has 0 spiro atoms. The van der Waals surface area contributed by atoms with E-state index in [0.717, 1.165) is 23.1 Å².